The number of amides is 2. The number of nitrogens with two attached hydrogens (primary N) is 1. The van der Waals surface area contributed by atoms with Crippen molar-refractivity contribution in [3.05, 3.63) is 75.7 Å². The van der Waals surface area contributed by atoms with E-state index < -0.39 is 5.91 Å². The second kappa shape index (κ2) is 8.64. The number of primary amides is 1. The summed E-state index contributed by atoms with van der Waals surface area (Å²) in [6.45, 7) is 2.60. The summed E-state index contributed by atoms with van der Waals surface area (Å²) in [5.41, 5.74) is 9.17. The van der Waals surface area contributed by atoms with Crippen molar-refractivity contribution in [2.45, 2.75) is 25.9 Å². The van der Waals surface area contributed by atoms with Crippen molar-refractivity contribution in [3.8, 4) is 11.5 Å². The van der Waals surface area contributed by atoms with E-state index in [1.165, 1.54) is 16.9 Å². The Hall–Kier alpha value is -3.36. The SMILES string of the molecule is NC(=O)c1c(NC(=O)Cc2ccc3c(c2)OCO3)sc2c1CCN(Cc1ccccc1)C2. The Morgan fingerprint density at radius 2 is 1.88 bits per heavy atom. The van der Waals surface area contributed by atoms with E-state index in [0.29, 0.717) is 22.1 Å². The topological polar surface area (TPSA) is 93.9 Å². The fourth-order valence-electron chi connectivity index (χ4n) is 4.19. The molecule has 32 heavy (non-hydrogen) atoms. The van der Waals surface area contributed by atoms with Gasteiger partial charge in [0.2, 0.25) is 12.7 Å². The zero-order valence-electron chi connectivity index (χ0n) is 17.4. The largest absolute Gasteiger partial charge is 0.454 e. The van der Waals surface area contributed by atoms with E-state index in [1.54, 1.807) is 12.1 Å². The van der Waals surface area contributed by atoms with Crippen molar-refractivity contribution in [1.82, 2.24) is 4.90 Å². The van der Waals surface area contributed by atoms with E-state index in [4.69, 9.17) is 15.2 Å². The highest BCUT2D eigenvalue weighted by atomic mass is 32.1. The van der Waals surface area contributed by atoms with Gasteiger partial charge in [0.05, 0.1) is 12.0 Å². The number of fused-ring (bicyclic) bond motifs is 2. The highest BCUT2D eigenvalue weighted by molar-refractivity contribution is 7.17. The molecule has 0 saturated heterocycles. The van der Waals surface area contributed by atoms with Crippen LogP contribution in [-0.4, -0.2) is 30.1 Å². The van der Waals surface area contributed by atoms with Crippen LogP contribution in [0.15, 0.2) is 48.5 Å². The van der Waals surface area contributed by atoms with Crippen molar-refractivity contribution in [3.63, 3.8) is 0 Å². The Morgan fingerprint density at radius 3 is 2.69 bits per heavy atom. The second-order valence-corrected chi connectivity index (χ2v) is 9.04. The Morgan fingerprint density at radius 1 is 1.06 bits per heavy atom. The maximum Gasteiger partial charge on any atom is 0.251 e. The molecule has 2 aliphatic heterocycles. The van der Waals surface area contributed by atoms with E-state index >= 15 is 0 Å². The molecule has 3 heterocycles. The van der Waals surface area contributed by atoms with Crippen LogP contribution in [0.25, 0.3) is 0 Å². The van der Waals surface area contributed by atoms with Gasteiger partial charge in [-0.3, -0.25) is 14.5 Å². The van der Waals surface area contributed by atoms with Crippen LogP contribution in [0.3, 0.4) is 0 Å². The first kappa shape index (κ1) is 20.5. The van der Waals surface area contributed by atoms with Crippen molar-refractivity contribution in [2.24, 2.45) is 5.73 Å². The van der Waals surface area contributed by atoms with Gasteiger partial charge < -0.3 is 20.5 Å². The number of rotatable bonds is 6. The van der Waals surface area contributed by atoms with Crippen LogP contribution in [0, 0.1) is 0 Å². The average Bonchev–Trinajstić information content (AvgIpc) is 3.37. The standard InChI is InChI=1S/C24H23N3O4S/c25-23(29)22-17-8-9-27(12-15-4-2-1-3-5-15)13-20(17)32-24(22)26-21(28)11-16-6-7-18-19(10-16)31-14-30-18/h1-7,10H,8-9,11-14H2,(H2,25,29)(H,26,28). The number of benzene rings is 2. The van der Waals surface area contributed by atoms with Gasteiger partial charge in [0.1, 0.15) is 5.00 Å². The van der Waals surface area contributed by atoms with Crippen molar-refractivity contribution >= 4 is 28.2 Å². The van der Waals surface area contributed by atoms with Crippen LogP contribution >= 0.6 is 11.3 Å². The second-order valence-electron chi connectivity index (χ2n) is 7.93. The molecule has 0 unspecified atom stereocenters. The summed E-state index contributed by atoms with van der Waals surface area (Å²) < 4.78 is 10.7. The number of hydrogen-bond acceptors (Lipinski definition) is 6. The molecule has 3 N–H and O–H groups in total. The van der Waals surface area contributed by atoms with E-state index in [-0.39, 0.29) is 19.1 Å². The van der Waals surface area contributed by atoms with Gasteiger partial charge in [-0.1, -0.05) is 36.4 Å². The minimum Gasteiger partial charge on any atom is -0.454 e. The molecule has 0 spiro atoms. The number of anilines is 1. The molecule has 5 rings (SSSR count). The van der Waals surface area contributed by atoms with E-state index in [1.807, 2.05) is 24.3 Å². The van der Waals surface area contributed by atoms with Gasteiger partial charge in [0.25, 0.3) is 5.91 Å². The van der Waals surface area contributed by atoms with Gasteiger partial charge in [-0.15, -0.1) is 11.3 Å². The third kappa shape index (κ3) is 4.19. The molecule has 0 fully saturated rings. The first-order valence-corrected chi connectivity index (χ1v) is 11.3. The molecule has 3 aromatic rings. The van der Waals surface area contributed by atoms with Crippen molar-refractivity contribution in [2.75, 3.05) is 18.7 Å². The minimum absolute atomic E-state index is 0.164. The van der Waals surface area contributed by atoms with E-state index in [2.05, 4.69) is 22.3 Å². The highest BCUT2D eigenvalue weighted by Gasteiger charge is 2.28. The number of nitrogens with one attached hydrogen (secondary N) is 1. The molecule has 0 saturated carbocycles. The third-order valence-electron chi connectivity index (χ3n) is 5.69. The molecule has 1 aromatic heterocycles. The average molecular weight is 450 g/mol. The Balaban J connectivity index is 1.31. The number of ether oxygens (including phenoxy) is 2. The van der Waals surface area contributed by atoms with Gasteiger partial charge >= 0.3 is 0 Å². The number of nitrogens with zero attached hydrogens (tertiary/aromatic N) is 1. The molecule has 0 bridgehead atoms. The lowest BCUT2D eigenvalue weighted by Crippen LogP contribution is -2.30. The fraction of sp³-hybridized carbons (Fsp3) is 0.250. The summed E-state index contributed by atoms with van der Waals surface area (Å²) >= 11 is 1.44. The first-order chi connectivity index (χ1) is 15.6. The van der Waals surface area contributed by atoms with Gasteiger partial charge in [0.15, 0.2) is 11.5 Å². The normalized spacial score (nSPS) is 14.8. The summed E-state index contributed by atoms with van der Waals surface area (Å²) in [6.07, 6.45) is 0.895. The van der Waals surface area contributed by atoms with Crippen LogP contribution in [0.4, 0.5) is 5.00 Å². The summed E-state index contributed by atoms with van der Waals surface area (Å²) in [4.78, 5) is 28.4. The summed E-state index contributed by atoms with van der Waals surface area (Å²) in [5.74, 6) is 0.609. The predicted molar refractivity (Wildman–Crippen MR) is 122 cm³/mol. The molecule has 2 amide bonds. The van der Waals surface area contributed by atoms with Crippen molar-refractivity contribution in [1.29, 1.82) is 0 Å². The van der Waals surface area contributed by atoms with Crippen molar-refractivity contribution < 1.29 is 19.1 Å². The Kier molecular flexibility index (Phi) is 5.55. The predicted octanol–water partition coefficient (Wildman–Crippen LogP) is 3.32. The first-order valence-electron chi connectivity index (χ1n) is 10.5. The fourth-order valence-corrected chi connectivity index (χ4v) is 5.50. The lowest BCUT2D eigenvalue weighted by molar-refractivity contribution is -0.115. The summed E-state index contributed by atoms with van der Waals surface area (Å²) in [7, 11) is 0. The molecular weight excluding hydrogens is 426 g/mol. The Labute approximate surface area is 189 Å². The monoisotopic (exact) mass is 449 g/mol. The van der Waals surface area contributed by atoms with Crippen LogP contribution in [-0.2, 0) is 30.7 Å². The zero-order chi connectivity index (χ0) is 22.1. The number of thiophene rings is 1. The van der Waals surface area contributed by atoms with E-state index in [0.717, 1.165) is 42.1 Å². The van der Waals surface area contributed by atoms with E-state index in [9.17, 15) is 9.59 Å². The lowest BCUT2D eigenvalue weighted by Gasteiger charge is -2.27. The number of carbonyl (C=O) groups excluding carboxylic acids is 2. The van der Waals surface area contributed by atoms with Gasteiger partial charge in [-0.2, -0.15) is 0 Å². The maximum absolute atomic E-state index is 12.7. The third-order valence-corrected chi connectivity index (χ3v) is 6.82. The molecule has 2 aliphatic rings. The molecular formula is C24H23N3O4S. The molecule has 8 heteroatoms. The van der Waals surface area contributed by atoms with Crippen LogP contribution in [0.2, 0.25) is 0 Å². The lowest BCUT2D eigenvalue weighted by atomic mass is 10.0. The Bertz CT molecular complexity index is 1180. The molecule has 0 radical (unpaired) electrons. The smallest absolute Gasteiger partial charge is 0.251 e. The quantitative estimate of drug-likeness (QED) is 0.602. The van der Waals surface area contributed by atoms with Gasteiger partial charge in [-0.05, 0) is 35.2 Å². The highest BCUT2D eigenvalue weighted by Crippen LogP contribution is 2.37. The molecule has 0 aliphatic carbocycles. The van der Waals surface area contributed by atoms with Crippen LogP contribution in [0.1, 0.15) is 31.9 Å². The zero-order valence-corrected chi connectivity index (χ0v) is 18.2. The summed E-state index contributed by atoms with van der Waals surface area (Å²) in [5, 5.41) is 3.45. The minimum atomic E-state index is -0.502. The van der Waals surface area contributed by atoms with Gasteiger partial charge in [0, 0.05) is 24.5 Å². The number of carbonyl (C=O) groups is 2. The maximum atomic E-state index is 12.7. The number of hydrogen-bond donors (Lipinski definition) is 2. The van der Waals surface area contributed by atoms with Gasteiger partial charge in [-0.25, -0.2) is 0 Å². The molecule has 0 atom stereocenters. The molecule has 164 valence electrons. The molecule has 7 nitrogen and oxygen atoms in total. The summed E-state index contributed by atoms with van der Waals surface area (Å²) in [6, 6.07) is 15.7. The van der Waals surface area contributed by atoms with Crippen LogP contribution < -0.4 is 20.5 Å². The molecule has 2 aromatic carbocycles. The van der Waals surface area contributed by atoms with Crippen LogP contribution in [0.5, 0.6) is 11.5 Å².